The predicted molar refractivity (Wildman–Crippen MR) is 35.1 cm³/mol. The molecule has 0 aliphatic rings. The van der Waals surface area contributed by atoms with Crippen LogP contribution in [0.1, 0.15) is 33.6 Å². The molecule has 0 aromatic carbocycles. The van der Waals surface area contributed by atoms with Gasteiger partial charge in [0.15, 0.2) is 0 Å². The molecule has 0 heterocycles. The molecule has 0 heteroatoms. The first-order valence-corrected chi connectivity index (χ1v) is 2.70. The molecule has 0 unspecified atom stereocenters. The third-order valence-corrected chi connectivity index (χ3v) is 0.500. The lowest BCUT2D eigenvalue weighted by atomic mass is 10.4. The van der Waals surface area contributed by atoms with Gasteiger partial charge < -0.3 is 0 Å². The van der Waals surface area contributed by atoms with Crippen LogP contribution in [0.4, 0.5) is 0 Å². The highest BCUT2D eigenvalue weighted by atomic mass is 13.6. The van der Waals surface area contributed by atoms with E-state index in [4.69, 9.17) is 0 Å². The predicted octanol–water partition coefficient (Wildman–Crippen LogP) is 2.45. The van der Waals surface area contributed by atoms with Gasteiger partial charge >= 0.3 is 0 Å². The largest absolute Gasteiger partial charge is 0.120 e. The second-order valence-electron chi connectivity index (χ2n) is 1.29. The summed E-state index contributed by atoms with van der Waals surface area (Å²) in [5.41, 5.74) is 0. The fourth-order valence-electron chi connectivity index (χ4n) is 0. The van der Waals surface area contributed by atoms with E-state index < -0.39 is 0 Å². The number of hydrogen-bond acceptors (Lipinski definition) is 0. The van der Waals surface area contributed by atoms with Crippen molar-refractivity contribution in [2.24, 2.45) is 0 Å². The number of hydrogen-bond donors (Lipinski definition) is 0. The van der Waals surface area contributed by atoms with Crippen molar-refractivity contribution in [3.05, 3.63) is 0 Å². The van der Waals surface area contributed by atoms with E-state index in [1.54, 1.807) is 6.92 Å². The van der Waals surface area contributed by atoms with Gasteiger partial charge in [0, 0.05) is 0 Å². The molecule has 0 aliphatic carbocycles. The SMILES string of the molecule is C#CC.CCCC. The van der Waals surface area contributed by atoms with Crippen molar-refractivity contribution in [3.8, 4) is 12.3 Å². The summed E-state index contributed by atoms with van der Waals surface area (Å²) in [6.07, 6.45) is 7.24. The molecule has 0 bridgehead atoms. The zero-order valence-electron chi connectivity index (χ0n) is 5.49. The van der Waals surface area contributed by atoms with Gasteiger partial charge in [-0.25, -0.2) is 0 Å². The maximum Gasteiger partial charge on any atom is -0.00297 e. The summed E-state index contributed by atoms with van der Waals surface area (Å²) >= 11 is 0. The molecule has 0 radical (unpaired) electrons. The maximum atomic E-state index is 4.60. The molecule has 0 amide bonds. The van der Waals surface area contributed by atoms with Crippen molar-refractivity contribution in [2.75, 3.05) is 0 Å². The van der Waals surface area contributed by atoms with Crippen molar-refractivity contribution >= 4 is 0 Å². The highest BCUT2D eigenvalue weighted by molar-refractivity contribution is 4.73. The lowest BCUT2D eigenvalue weighted by molar-refractivity contribution is 0.886. The highest BCUT2D eigenvalue weighted by Gasteiger charge is 1.56. The van der Waals surface area contributed by atoms with Gasteiger partial charge in [-0.1, -0.05) is 26.7 Å². The van der Waals surface area contributed by atoms with Crippen LogP contribution in [0.25, 0.3) is 0 Å². The first-order chi connectivity index (χ1) is 3.33. The Labute approximate surface area is 46.9 Å². The Hall–Kier alpha value is -0.440. The summed E-state index contributed by atoms with van der Waals surface area (Å²) in [5.74, 6) is 2.25. The van der Waals surface area contributed by atoms with Crippen LogP contribution in [0.2, 0.25) is 0 Å². The van der Waals surface area contributed by atoms with Crippen LogP contribution in [-0.4, -0.2) is 0 Å². The second kappa shape index (κ2) is 17.6. The Kier molecular flexibility index (Phi) is 24.6. The average Bonchev–Trinajstić information content (AvgIpc) is 1.69. The zero-order chi connectivity index (χ0) is 6.12. The Morgan fingerprint density at radius 3 is 1.43 bits per heavy atom. The molecule has 0 rings (SSSR count). The van der Waals surface area contributed by atoms with Crippen molar-refractivity contribution in [1.82, 2.24) is 0 Å². The Bertz CT molecular complexity index is 36.5. The number of rotatable bonds is 1. The summed E-state index contributed by atoms with van der Waals surface area (Å²) in [6, 6.07) is 0. The minimum atomic E-state index is 1.32. The van der Waals surface area contributed by atoms with Gasteiger partial charge in [0.25, 0.3) is 0 Å². The molecule has 42 valence electrons. The Balaban J connectivity index is 0. The van der Waals surface area contributed by atoms with E-state index in [9.17, 15) is 0 Å². The van der Waals surface area contributed by atoms with E-state index in [2.05, 4.69) is 26.2 Å². The van der Waals surface area contributed by atoms with Crippen LogP contribution >= 0.6 is 0 Å². The molecule has 0 aromatic rings. The average molecular weight is 98.2 g/mol. The molecule has 0 atom stereocenters. The van der Waals surface area contributed by atoms with E-state index in [1.165, 1.54) is 12.8 Å². The lowest BCUT2D eigenvalue weighted by Gasteiger charge is -1.68. The van der Waals surface area contributed by atoms with Crippen LogP contribution in [0.15, 0.2) is 0 Å². The highest BCUT2D eigenvalue weighted by Crippen LogP contribution is 1.76. The van der Waals surface area contributed by atoms with Crippen molar-refractivity contribution in [1.29, 1.82) is 0 Å². The van der Waals surface area contributed by atoms with Crippen molar-refractivity contribution in [2.45, 2.75) is 33.6 Å². The van der Waals surface area contributed by atoms with Crippen LogP contribution in [0.3, 0.4) is 0 Å². The van der Waals surface area contributed by atoms with Gasteiger partial charge in [0.2, 0.25) is 0 Å². The molecular formula is C7H14. The fourth-order valence-corrected chi connectivity index (χ4v) is 0. The zero-order valence-corrected chi connectivity index (χ0v) is 5.49. The Morgan fingerprint density at radius 2 is 1.43 bits per heavy atom. The van der Waals surface area contributed by atoms with Gasteiger partial charge in [-0.2, -0.15) is 0 Å². The molecule has 0 spiro atoms. The van der Waals surface area contributed by atoms with Gasteiger partial charge in [0.1, 0.15) is 0 Å². The smallest absolute Gasteiger partial charge is 0.00297 e. The topological polar surface area (TPSA) is 0 Å². The molecule has 0 nitrogen and oxygen atoms in total. The summed E-state index contributed by atoms with van der Waals surface area (Å²) < 4.78 is 0. The molecule has 0 aromatic heterocycles. The Morgan fingerprint density at radius 1 is 1.29 bits per heavy atom. The standard InChI is InChI=1S/C4H10.C3H4/c1-3-4-2;1-3-2/h3-4H2,1-2H3;1H,2H3. The first kappa shape index (κ1) is 9.75. The minimum absolute atomic E-state index is 1.32. The molecule has 0 aliphatic heterocycles. The molecule has 0 saturated carbocycles. The van der Waals surface area contributed by atoms with Crippen molar-refractivity contribution in [3.63, 3.8) is 0 Å². The van der Waals surface area contributed by atoms with E-state index in [1.807, 2.05) is 0 Å². The van der Waals surface area contributed by atoms with Gasteiger partial charge in [0.05, 0.1) is 0 Å². The molecular weight excluding hydrogens is 84.1 g/mol. The summed E-state index contributed by atoms with van der Waals surface area (Å²) in [7, 11) is 0. The van der Waals surface area contributed by atoms with E-state index in [-0.39, 0.29) is 0 Å². The molecule has 0 saturated heterocycles. The number of terminal acetylenes is 1. The van der Waals surface area contributed by atoms with E-state index in [0.717, 1.165) is 0 Å². The van der Waals surface area contributed by atoms with Crippen LogP contribution < -0.4 is 0 Å². The summed E-state index contributed by atoms with van der Waals surface area (Å²) in [6.45, 7) is 6.01. The maximum absolute atomic E-state index is 4.60. The van der Waals surface area contributed by atoms with E-state index >= 15 is 0 Å². The van der Waals surface area contributed by atoms with Crippen molar-refractivity contribution < 1.29 is 0 Å². The molecule has 0 fully saturated rings. The summed E-state index contributed by atoms with van der Waals surface area (Å²) in [5, 5.41) is 0. The number of unbranched alkanes of at least 4 members (excludes halogenated alkanes) is 1. The second-order valence-corrected chi connectivity index (χ2v) is 1.29. The van der Waals surface area contributed by atoms with Gasteiger partial charge in [-0.3, -0.25) is 0 Å². The fraction of sp³-hybridized carbons (Fsp3) is 0.714. The van der Waals surface area contributed by atoms with Crippen LogP contribution in [-0.2, 0) is 0 Å². The quantitative estimate of drug-likeness (QED) is 0.442. The van der Waals surface area contributed by atoms with Gasteiger partial charge in [-0.15, -0.1) is 12.3 Å². The lowest BCUT2D eigenvalue weighted by Crippen LogP contribution is -1.47. The normalized spacial score (nSPS) is 5.43. The minimum Gasteiger partial charge on any atom is -0.120 e. The molecule has 7 heavy (non-hydrogen) atoms. The first-order valence-electron chi connectivity index (χ1n) is 2.70. The van der Waals surface area contributed by atoms with E-state index in [0.29, 0.717) is 0 Å². The van der Waals surface area contributed by atoms with Crippen LogP contribution in [0, 0.1) is 12.3 Å². The summed E-state index contributed by atoms with van der Waals surface area (Å²) in [4.78, 5) is 0. The van der Waals surface area contributed by atoms with Crippen LogP contribution in [0.5, 0.6) is 0 Å². The third kappa shape index (κ3) is 225. The molecule has 0 N–H and O–H groups in total. The van der Waals surface area contributed by atoms with Gasteiger partial charge in [-0.05, 0) is 6.92 Å². The monoisotopic (exact) mass is 98.1 g/mol. The third-order valence-electron chi connectivity index (χ3n) is 0.500.